The largest absolute Gasteiger partial charge is 0.416 e. The zero-order valence-corrected chi connectivity index (χ0v) is 23.2. The molecule has 9 heteroatoms. The van der Waals surface area contributed by atoms with Gasteiger partial charge in [0.25, 0.3) is 0 Å². The fraction of sp³-hybridized carbons (Fsp3) is 0.655. The molecule has 0 spiro atoms. The quantitative estimate of drug-likeness (QED) is 0.475. The molecule has 210 valence electrons. The van der Waals surface area contributed by atoms with Gasteiger partial charge in [0.05, 0.1) is 5.56 Å². The van der Waals surface area contributed by atoms with E-state index in [1.54, 1.807) is 4.90 Å². The summed E-state index contributed by atoms with van der Waals surface area (Å²) in [4.78, 5) is 31.9. The smallest absolute Gasteiger partial charge is 0.337 e. The SMILES string of the molecule is CC(C)(C)C(=O)N(CCN1CCN(C(=O)Nc2cccc(C(F)(F)F)c2)CC1)CC1=CCC2CC1C2(C)C. The summed E-state index contributed by atoms with van der Waals surface area (Å²) in [6.45, 7) is 14.8. The number of hydrogen-bond donors (Lipinski definition) is 1. The summed E-state index contributed by atoms with van der Waals surface area (Å²) in [6, 6.07) is 4.27. The molecule has 6 nitrogen and oxygen atoms in total. The Kier molecular flexibility index (Phi) is 7.90. The van der Waals surface area contributed by atoms with Crippen molar-refractivity contribution in [1.29, 1.82) is 0 Å². The average molecular weight is 535 g/mol. The molecular formula is C29H41F3N4O2. The van der Waals surface area contributed by atoms with Crippen molar-refractivity contribution >= 4 is 17.6 Å². The number of carbonyl (C=O) groups is 2. The minimum Gasteiger partial charge on any atom is -0.337 e. The number of allylic oxidation sites excluding steroid dienone is 1. The Morgan fingerprint density at radius 2 is 1.79 bits per heavy atom. The number of urea groups is 1. The van der Waals surface area contributed by atoms with Gasteiger partial charge in [-0.25, -0.2) is 4.79 Å². The molecule has 3 amide bonds. The standard InChI is InChI=1S/C29H41F3N4O2/c1-27(2,3)25(37)36(19-20-9-10-21-18-24(20)28(21,4)5)16-13-34-11-14-35(15-12-34)26(38)33-23-8-6-7-22(17-23)29(30,31)32/h6-9,17,21,24H,10-16,18-19H2,1-5H3,(H,33,38). The summed E-state index contributed by atoms with van der Waals surface area (Å²) in [5, 5.41) is 2.59. The zero-order chi connectivity index (χ0) is 27.9. The topological polar surface area (TPSA) is 55.9 Å². The van der Waals surface area contributed by atoms with Crippen LogP contribution in [-0.4, -0.2) is 72.5 Å². The number of halogens is 3. The molecule has 38 heavy (non-hydrogen) atoms. The summed E-state index contributed by atoms with van der Waals surface area (Å²) >= 11 is 0. The van der Waals surface area contributed by atoms with Crippen LogP contribution in [0.5, 0.6) is 0 Å². The van der Waals surface area contributed by atoms with E-state index in [2.05, 4.69) is 30.1 Å². The van der Waals surface area contributed by atoms with E-state index in [1.807, 2.05) is 25.7 Å². The summed E-state index contributed by atoms with van der Waals surface area (Å²) in [6.07, 6.45) is 0.218. The van der Waals surface area contributed by atoms with Crippen molar-refractivity contribution < 1.29 is 22.8 Å². The Morgan fingerprint density at radius 1 is 1.11 bits per heavy atom. The minimum absolute atomic E-state index is 0.126. The van der Waals surface area contributed by atoms with Gasteiger partial charge in [0, 0.05) is 56.9 Å². The van der Waals surface area contributed by atoms with Gasteiger partial charge in [-0.2, -0.15) is 13.2 Å². The van der Waals surface area contributed by atoms with E-state index in [0.717, 1.165) is 31.0 Å². The Bertz CT molecular complexity index is 1070. The van der Waals surface area contributed by atoms with Crippen LogP contribution in [0.2, 0.25) is 0 Å². The lowest BCUT2D eigenvalue weighted by molar-refractivity contribution is -0.140. The lowest BCUT2D eigenvalue weighted by Gasteiger charge is -2.57. The van der Waals surface area contributed by atoms with E-state index in [0.29, 0.717) is 50.6 Å². The van der Waals surface area contributed by atoms with Gasteiger partial charge in [0.2, 0.25) is 5.91 Å². The van der Waals surface area contributed by atoms with Gasteiger partial charge in [-0.1, -0.05) is 52.3 Å². The van der Waals surface area contributed by atoms with E-state index in [1.165, 1.54) is 24.1 Å². The first-order chi connectivity index (χ1) is 17.7. The van der Waals surface area contributed by atoms with Crippen molar-refractivity contribution in [2.75, 3.05) is 51.1 Å². The van der Waals surface area contributed by atoms with Crippen LogP contribution < -0.4 is 5.32 Å². The van der Waals surface area contributed by atoms with Crippen molar-refractivity contribution in [2.45, 2.75) is 53.6 Å². The Hall–Kier alpha value is -2.55. The van der Waals surface area contributed by atoms with E-state index in [4.69, 9.17) is 0 Å². The molecule has 0 radical (unpaired) electrons. The summed E-state index contributed by atoms with van der Waals surface area (Å²) in [7, 11) is 0. The highest BCUT2D eigenvalue weighted by Crippen LogP contribution is 2.59. The number of rotatable bonds is 6. The van der Waals surface area contributed by atoms with E-state index >= 15 is 0 Å². The second kappa shape index (κ2) is 10.5. The van der Waals surface area contributed by atoms with Crippen LogP contribution in [0.3, 0.4) is 0 Å². The second-order valence-corrected chi connectivity index (χ2v) is 12.6. The lowest BCUT2D eigenvalue weighted by Crippen LogP contribution is -2.53. The van der Waals surface area contributed by atoms with Crippen molar-refractivity contribution in [2.24, 2.45) is 22.7 Å². The second-order valence-electron chi connectivity index (χ2n) is 12.6. The molecule has 2 atom stereocenters. The highest BCUT2D eigenvalue weighted by Gasteiger charge is 2.51. The number of anilines is 1. The Balaban J connectivity index is 1.30. The van der Waals surface area contributed by atoms with Gasteiger partial charge in [-0.3, -0.25) is 9.69 Å². The van der Waals surface area contributed by atoms with Crippen LogP contribution in [-0.2, 0) is 11.0 Å². The number of alkyl halides is 3. The molecule has 1 saturated carbocycles. The maximum atomic E-state index is 13.3. The minimum atomic E-state index is -4.46. The predicted octanol–water partition coefficient (Wildman–Crippen LogP) is 5.72. The first-order valence-corrected chi connectivity index (χ1v) is 13.6. The monoisotopic (exact) mass is 534 g/mol. The maximum Gasteiger partial charge on any atom is 0.416 e. The number of fused-ring (bicyclic) bond motifs is 1. The number of nitrogens with one attached hydrogen (secondary N) is 1. The summed E-state index contributed by atoms with van der Waals surface area (Å²) in [5.41, 5.74) is 0.574. The van der Waals surface area contributed by atoms with Crippen molar-refractivity contribution in [3.63, 3.8) is 0 Å². The third-order valence-electron chi connectivity index (χ3n) is 8.67. The van der Waals surface area contributed by atoms with Crippen LogP contribution in [0.25, 0.3) is 0 Å². The third-order valence-corrected chi connectivity index (χ3v) is 8.67. The number of carbonyl (C=O) groups excluding carboxylic acids is 2. The molecule has 4 aliphatic rings. The van der Waals surface area contributed by atoms with Gasteiger partial charge in [-0.05, 0) is 48.3 Å². The van der Waals surface area contributed by atoms with Crippen LogP contribution in [0.4, 0.5) is 23.7 Å². The van der Waals surface area contributed by atoms with Crippen LogP contribution in [0, 0.1) is 22.7 Å². The molecule has 1 heterocycles. The first-order valence-electron chi connectivity index (χ1n) is 13.6. The summed E-state index contributed by atoms with van der Waals surface area (Å²) in [5.74, 6) is 1.46. The van der Waals surface area contributed by atoms with Crippen LogP contribution in [0.15, 0.2) is 35.9 Å². The van der Waals surface area contributed by atoms with E-state index in [-0.39, 0.29) is 11.6 Å². The fourth-order valence-corrected chi connectivity index (χ4v) is 6.02. The molecule has 2 fully saturated rings. The molecule has 1 aromatic rings. The number of benzene rings is 1. The van der Waals surface area contributed by atoms with Crippen molar-refractivity contribution in [1.82, 2.24) is 14.7 Å². The molecule has 1 aliphatic heterocycles. The van der Waals surface area contributed by atoms with Gasteiger partial charge in [0.1, 0.15) is 0 Å². The predicted molar refractivity (Wildman–Crippen MR) is 143 cm³/mol. The Labute approximate surface area is 224 Å². The lowest BCUT2D eigenvalue weighted by atomic mass is 9.49. The normalized spacial score (nSPS) is 23.4. The van der Waals surface area contributed by atoms with Gasteiger partial charge in [-0.15, -0.1) is 0 Å². The van der Waals surface area contributed by atoms with Gasteiger partial charge in [0.15, 0.2) is 0 Å². The zero-order valence-electron chi connectivity index (χ0n) is 23.2. The molecule has 2 bridgehead atoms. The number of amides is 3. The molecule has 5 rings (SSSR count). The molecule has 0 aromatic heterocycles. The van der Waals surface area contributed by atoms with Gasteiger partial charge >= 0.3 is 12.2 Å². The molecule has 1 N–H and O–H groups in total. The molecule has 1 saturated heterocycles. The third kappa shape index (κ3) is 6.19. The highest BCUT2D eigenvalue weighted by atomic mass is 19.4. The number of nitrogens with zero attached hydrogens (tertiary/aromatic N) is 3. The fourth-order valence-electron chi connectivity index (χ4n) is 6.02. The van der Waals surface area contributed by atoms with E-state index < -0.39 is 23.2 Å². The molecule has 1 aromatic carbocycles. The van der Waals surface area contributed by atoms with Crippen LogP contribution in [0.1, 0.15) is 53.0 Å². The van der Waals surface area contributed by atoms with Gasteiger partial charge < -0.3 is 15.1 Å². The number of hydrogen-bond acceptors (Lipinski definition) is 3. The Morgan fingerprint density at radius 3 is 2.37 bits per heavy atom. The molecular weight excluding hydrogens is 493 g/mol. The first kappa shape index (κ1) is 28.5. The number of piperazine rings is 1. The molecule has 3 aliphatic carbocycles. The van der Waals surface area contributed by atoms with Crippen molar-refractivity contribution in [3.8, 4) is 0 Å². The maximum absolute atomic E-state index is 13.3. The van der Waals surface area contributed by atoms with Crippen LogP contribution >= 0.6 is 0 Å². The highest BCUT2D eigenvalue weighted by molar-refractivity contribution is 5.89. The van der Waals surface area contributed by atoms with Crippen molar-refractivity contribution in [3.05, 3.63) is 41.5 Å². The molecule has 2 unspecified atom stereocenters. The average Bonchev–Trinajstić information content (AvgIpc) is 2.85. The summed E-state index contributed by atoms with van der Waals surface area (Å²) < 4.78 is 38.9. The van der Waals surface area contributed by atoms with E-state index in [9.17, 15) is 22.8 Å².